The van der Waals surface area contributed by atoms with E-state index in [1.165, 1.54) is 4.31 Å². The monoisotopic (exact) mass is 298 g/mol. The summed E-state index contributed by atoms with van der Waals surface area (Å²) in [4.78, 5) is 0. The van der Waals surface area contributed by atoms with Crippen LogP contribution in [0, 0.1) is 0 Å². The summed E-state index contributed by atoms with van der Waals surface area (Å²) in [6.07, 6.45) is 1.09. The first kappa shape index (κ1) is 17.1. The van der Waals surface area contributed by atoms with Crippen LogP contribution in [0.3, 0.4) is 0 Å². The van der Waals surface area contributed by atoms with Gasteiger partial charge in [-0.2, -0.15) is 0 Å². The van der Waals surface area contributed by atoms with Gasteiger partial charge in [0.15, 0.2) is 0 Å². The van der Waals surface area contributed by atoms with Crippen LogP contribution in [0.5, 0.6) is 0 Å². The first-order chi connectivity index (χ1) is 9.36. The standard InChI is InChI=1S/C15H26N2O2S/c1-5-9-16-11-14-7-6-8-15(10-14)12-20(18,19)17(4)13(2)3/h6-8,10,13,16H,5,9,11-12H2,1-4H3. The minimum absolute atomic E-state index is 0.0191. The molecule has 1 N–H and O–H groups in total. The van der Waals surface area contributed by atoms with E-state index >= 15 is 0 Å². The molecule has 0 aromatic heterocycles. The fourth-order valence-corrected chi connectivity index (χ4v) is 3.32. The maximum absolute atomic E-state index is 12.2. The van der Waals surface area contributed by atoms with Crippen molar-refractivity contribution >= 4 is 10.0 Å². The average molecular weight is 298 g/mol. The molecule has 20 heavy (non-hydrogen) atoms. The lowest BCUT2D eigenvalue weighted by Crippen LogP contribution is -2.34. The lowest BCUT2D eigenvalue weighted by Gasteiger charge is -2.21. The van der Waals surface area contributed by atoms with Crippen LogP contribution < -0.4 is 5.32 Å². The summed E-state index contributed by atoms with van der Waals surface area (Å²) in [5, 5.41) is 3.32. The molecular formula is C15H26N2O2S. The van der Waals surface area contributed by atoms with Gasteiger partial charge in [-0.15, -0.1) is 0 Å². The van der Waals surface area contributed by atoms with Crippen LogP contribution in [0.4, 0.5) is 0 Å². The van der Waals surface area contributed by atoms with Crippen LogP contribution in [0.2, 0.25) is 0 Å². The Hall–Kier alpha value is -0.910. The zero-order valence-corrected chi connectivity index (χ0v) is 13.7. The van der Waals surface area contributed by atoms with E-state index in [1.807, 2.05) is 38.1 Å². The Kier molecular flexibility index (Phi) is 6.65. The van der Waals surface area contributed by atoms with Gasteiger partial charge in [0.2, 0.25) is 10.0 Å². The van der Waals surface area contributed by atoms with E-state index < -0.39 is 10.0 Å². The number of sulfonamides is 1. The predicted octanol–water partition coefficient (Wildman–Crippen LogP) is 2.36. The largest absolute Gasteiger partial charge is 0.313 e. The van der Waals surface area contributed by atoms with Crippen molar-refractivity contribution in [3.8, 4) is 0 Å². The van der Waals surface area contributed by atoms with Crippen molar-refractivity contribution in [3.05, 3.63) is 35.4 Å². The molecule has 0 amide bonds. The molecule has 1 rings (SSSR count). The third-order valence-electron chi connectivity index (χ3n) is 3.26. The highest BCUT2D eigenvalue weighted by molar-refractivity contribution is 7.88. The molecule has 0 saturated heterocycles. The summed E-state index contributed by atoms with van der Waals surface area (Å²) in [6.45, 7) is 7.63. The molecule has 0 aliphatic rings. The molecule has 0 atom stereocenters. The summed E-state index contributed by atoms with van der Waals surface area (Å²) in [5.41, 5.74) is 1.96. The first-order valence-corrected chi connectivity index (χ1v) is 8.72. The minimum Gasteiger partial charge on any atom is -0.313 e. The molecule has 0 radical (unpaired) electrons. The van der Waals surface area contributed by atoms with Crippen LogP contribution in [0.25, 0.3) is 0 Å². The van der Waals surface area contributed by atoms with Gasteiger partial charge in [0.1, 0.15) is 0 Å². The second-order valence-corrected chi connectivity index (χ2v) is 7.39. The molecule has 0 aliphatic carbocycles. The second kappa shape index (κ2) is 7.76. The fourth-order valence-electron chi connectivity index (χ4n) is 1.87. The Morgan fingerprint density at radius 3 is 2.50 bits per heavy atom. The highest BCUT2D eigenvalue weighted by Gasteiger charge is 2.20. The van der Waals surface area contributed by atoms with Crippen LogP contribution in [-0.4, -0.2) is 32.4 Å². The molecule has 0 unspecified atom stereocenters. The van der Waals surface area contributed by atoms with E-state index in [9.17, 15) is 8.42 Å². The topological polar surface area (TPSA) is 49.4 Å². The van der Waals surface area contributed by atoms with Gasteiger partial charge in [-0.1, -0.05) is 31.2 Å². The highest BCUT2D eigenvalue weighted by atomic mass is 32.2. The lowest BCUT2D eigenvalue weighted by atomic mass is 10.1. The maximum atomic E-state index is 12.2. The second-order valence-electron chi connectivity index (χ2n) is 5.36. The smallest absolute Gasteiger partial charge is 0.218 e. The molecule has 0 aliphatic heterocycles. The molecule has 0 bridgehead atoms. The van der Waals surface area contributed by atoms with Crippen molar-refractivity contribution in [3.63, 3.8) is 0 Å². The molecule has 0 spiro atoms. The number of hydrogen-bond acceptors (Lipinski definition) is 3. The van der Waals surface area contributed by atoms with Gasteiger partial charge in [-0.3, -0.25) is 0 Å². The average Bonchev–Trinajstić information content (AvgIpc) is 2.38. The van der Waals surface area contributed by atoms with Crippen molar-refractivity contribution in [2.45, 2.75) is 45.5 Å². The molecule has 5 heteroatoms. The summed E-state index contributed by atoms with van der Waals surface area (Å²) in [7, 11) is -1.61. The van der Waals surface area contributed by atoms with Gasteiger partial charge in [-0.05, 0) is 37.9 Å². The van der Waals surface area contributed by atoms with Crippen LogP contribution >= 0.6 is 0 Å². The molecular weight excluding hydrogens is 272 g/mol. The van der Waals surface area contributed by atoms with E-state index in [4.69, 9.17) is 0 Å². The summed E-state index contributed by atoms with van der Waals surface area (Å²) >= 11 is 0. The van der Waals surface area contributed by atoms with E-state index in [1.54, 1.807) is 7.05 Å². The van der Waals surface area contributed by atoms with Crippen molar-refractivity contribution in [1.82, 2.24) is 9.62 Å². The summed E-state index contributed by atoms with van der Waals surface area (Å²) in [5.74, 6) is 0.0588. The molecule has 0 fully saturated rings. The molecule has 114 valence electrons. The molecule has 4 nitrogen and oxygen atoms in total. The third-order valence-corrected chi connectivity index (χ3v) is 5.26. The third kappa shape index (κ3) is 5.23. The highest BCUT2D eigenvalue weighted by Crippen LogP contribution is 2.13. The number of benzene rings is 1. The number of nitrogens with one attached hydrogen (secondary N) is 1. The number of rotatable bonds is 8. The summed E-state index contributed by atoms with van der Waals surface area (Å²) in [6, 6.07) is 7.76. The van der Waals surface area contributed by atoms with Gasteiger partial charge < -0.3 is 5.32 Å². The van der Waals surface area contributed by atoms with Gasteiger partial charge in [0.05, 0.1) is 5.75 Å². The van der Waals surface area contributed by atoms with Crippen LogP contribution in [0.1, 0.15) is 38.3 Å². The van der Waals surface area contributed by atoms with E-state index in [-0.39, 0.29) is 11.8 Å². The Balaban J connectivity index is 2.75. The summed E-state index contributed by atoms with van der Waals surface area (Å²) < 4.78 is 25.9. The number of hydrogen-bond donors (Lipinski definition) is 1. The quantitative estimate of drug-likeness (QED) is 0.750. The normalized spacial score (nSPS) is 12.3. The van der Waals surface area contributed by atoms with Crippen molar-refractivity contribution < 1.29 is 8.42 Å². The molecule has 1 aromatic carbocycles. The van der Waals surface area contributed by atoms with Gasteiger partial charge in [0.25, 0.3) is 0 Å². The Morgan fingerprint density at radius 1 is 1.25 bits per heavy atom. The van der Waals surface area contributed by atoms with Gasteiger partial charge in [-0.25, -0.2) is 12.7 Å². The zero-order valence-electron chi connectivity index (χ0n) is 12.9. The Morgan fingerprint density at radius 2 is 1.90 bits per heavy atom. The fraction of sp³-hybridized carbons (Fsp3) is 0.600. The number of nitrogens with zero attached hydrogens (tertiary/aromatic N) is 1. The first-order valence-electron chi connectivity index (χ1n) is 7.11. The molecule has 0 heterocycles. The maximum Gasteiger partial charge on any atom is 0.218 e. The SMILES string of the molecule is CCCNCc1cccc(CS(=O)(=O)N(C)C(C)C)c1. The molecule has 1 aromatic rings. The zero-order chi connectivity index (χ0) is 15.2. The van der Waals surface area contributed by atoms with Crippen LogP contribution in [-0.2, 0) is 22.3 Å². The van der Waals surface area contributed by atoms with E-state index in [0.717, 1.165) is 30.6 Å². The van der Waals surface area contributed by atoms with E-state index in [0.29, 0.717) is 0 Å². The predicted molar refractivity (Wildman–Crippen MR) is 84.0 cm³/mol. The van der Waals surface area contributed by atoms with Crippen molar-refractivity contribution in [1.29, 1.82) is 0 Å². The van der Waals surface area contributed by atoms with Crippen LogP contribution in [0.15, 0.2) is 24.3 Å². The van der Waals surface area contributed by atoms with E-state index in [2.05, 4.69) is 12.2 Å². The van der Waals surface area contributed by atoms with Gasteiger partial charge >= 0.3 is 0 Å². The Labute approximate surface area is 123 Å². The molecule has 0 saturated carbocycles. The Bertz CT molecular complexity index is 512. The van der Waals surface area contributed by atoms with Crippen molar-refractivity contribution in [2.24, 2.45) is 0 Å². The lowest BCUT2D eigenvalue weighted by molar-refractivity contribution is 0.410. The van der Waals surface area contributed by atoms with Crippen molar-refractivity contribution in [2.75, 3.05) is 13.6 Å². The van der Waals surface area contributed by atoms with Gasteiger partial charge in [0, 0.05) is 19.6 Å². The minimum atomic E-state index is -3.24.